The molecule has 0 spiro atoms. The van der Waals surface area contributed by atoms with Crippen LogP contribution in [0.5, 0.6) is 0 Å². The van der Waals surface area contributed by atoms with Crippen molar-refractivity contribution in [3.8, 4) is 0 Å². The molecule has 1 fully saturated rings. The van der Waals surface area contributed by atoms with E-state index in [9.17, 15) is 9.90 Å². The van der Waals surface area contributed by atoms with Gasteiger partial charge in [0.2, 0.25) is 0 Å². The second-order valence-electron chi connectivity index (χ2n) is 5.48. The van der Waals surface area contributed by atoms with E-state index in [1.165, 1.54) is 11.3 Å². The van der Waals surface area contributed by atoms with Crippen LogP contribution in [0.1, 0.15) is 40.9 Å². The van der Waals surface area contributed by atoms with Crippen LogP contribution in [0.3, 0.4) is 0 Å². The lowest BCUT2D eigenvalue weighted by Crippen LogP contribution is -2.45. The standard InChI is InChI=1S/C16H19NO2S/c1-10-11-6-2-5-9-14(11)20-15(10)16(19)17-12-7-3-4-8-13(12)18/h2,5-6,9,12-13,18H,3-4,7-8H2,1H3,(H,17,19). The third kappa shape index (κ3) is 2.45. The van der Waals surface area contributed by atoms with Crippen molar-refractivity contribution >= 4 is 27.3 Å². The summed E-state index contributed by atoms with van der Waals surface area (Å²) in [5.74, 6) is -0.0466. The molecule has 4 heteroatoms. The van der Waals surface area contributed by atoms with Gasteiger partial charge < -0.3 is 10.4 Å². The number of hydrogen-bond acceptors (Lipinski definition) is 3. The average molecular weight is 289 g/mol. The Morgan fingerprint density at radius 3 is 2.80 bits per heavy atom. The SMILES string of the molecule is Cc1c(C(=O)NC2CCCCC2O)sc2ccccc12. The third-order valence-corrected chi connectivity index (χ3v) is 5.37. The van der Waals surface area contributed by atoms with Crippen molar-refractivity contribution in [2.24, 2.45) is 0 Å². The molecule has 20 heavy (non-hydrogen) atoms. The monoisotopic (exact) mass is 289 g/mol. The van der Waals surface area contributed by atoms with Gasteiger partial charge >= 0.3 is 0 Å². The molecule has 1 aromatic carbocycles. The van der Waals surface area contributed by atoms with Gasteiger partial charge in [0, 0.05) is 4.70 Å². The highest BCUT2D eigenvalue weighted by atomic mass is 32.1. The van der Waals surface area contributed by atoms with Crippen molar-refractivity contribution in [2.75, 3.05) is 0 Å². The van der Waals surface area contributed by atoms with Gasteiger partial charge in [-0.2, -0.15) is 0 Å². The summed E-state index contributed by atoms with van der Waals surface area (Å²) < 4.78 is 1.14. The number of aliphatic hydroxyl groups excluding tert-OH is 1. The highest BCUT2D eigenvalue weighted by molar-refractivity contribution is 7.21. The predicted molar refractivity (Wildman–Crippen MR) is 82.3 cm³/mol. The first-order valence-electron chi connectivity index (χ1n) is 7.14. The quantitative estimate of drug-likeness (QED) is 0.891. The van der Waals surface area contributed by atoms with Crippen molar-refractivity contribution in [1.82, 2.24) is 5.32 Å². The highest BCUT2D eigenvalue weighted by Gasteiger charge is 2.26. The minimum atomic E-state index is -0.401. The van der Waals surface area contributed by atoms with Gasteiger partial charge in [0.05, 0.1) is 17.0 Å². The second-order valence-corrected chi connectivity index (χ2v) is 6.54. The summed E-state index contributed by atoms with van der Waals surface area (Å²) in [6.07, 6.45) is 3.39. The molecule has 1 amide bonds. The van der Waals surface area contributed by atoms with Crippen LogP contribution in [0.2, 0.25) is 0 Å². The van der Waals surface area contributed by atoms with Crippen LogP contribution in [0.15, 0.2) is 24.3 Å². The van der Waals surface area contributed by atoms with Crippen LogP contribution in [0, 0.1) is 6.92 Å². The molecular weight excluding hydrogens is 270 g/mol. The number of aliphatic hydroxyl groups is 1. The van der Waals surface area contributed by atoms with Crippen molar-refractivity contribution < 1.29 is 9.90 Å². The van der Waals surface area contributed by atoms with Crippen molar-refractivity contribution in [1.29, 1.82) is 0 Å². The summed E-state index contributed by atoms with van der Waals surface area (Å²) in [5, 5.41) is 14.1. The lowest BCUT2D eigenvalue weighted by Gasteiger charge is -2.28. The number of aryl methyl sites for hydroxylation is 1. The number of thiophene rings is 1. The normalized spacial score (nSPS) is 22.9. The van der Waals surface area contributed by atoms with Crippen LogP contribution in [0.4, 0.5) is 0 Å². The molecule has 1 aliphatic carbocycles. The molecule has 1 heterocycles. The molecule has 1 aliphatic rings. The molecule has 1 saturated carbocycles. The van der Waals surface area contributed by atoms with Crippen LogP contribution in [-0.4, -0.2) is 23.2 Å². The van der Waals surface area contributed by atoms with Crippen molar-refractivity contribution in [2.45, 2.75) is 44.8 Å². The van der Waals surface area contributed by atoms with Gasteiger partial charge in [0.1, 0.15) is 0 Å². The molecule has 2 unspecified atom stereocenters. The molecule has 0 aliphatic heterocycles. The molecule has 3 rings (SSSR count). The minimum absolute atomic E-state index is 0.0466. The Kier molecular flexibility index (Phi) is 3.76. The number of amides is 1. The van der Waals surface area contributed by atoms with Gasteiger partial charge in [0.25, 0.3) is 5.91 Å². The summed E-state index contributed by atoms with van der Waals surface area (Å²) in [4.78, 5) is 13.2. The van der Waals surface area contributed by atoms with Gasteiger partial charge in [-0.05, 0) is 36.8 Å². The maximum absolute atomic E-state index is 12.4. The van der Waals surface area contributed by atoms with Gasteiger partial charge in [-0.15, -0.1) is 11.3 Å². The zero-order valence-corrected chi connectivity index (χ0v) is 12.4. The number of carbonyl (C=O) groups is 1. The van der Waals surface area contributed by atoms with Crippen LogP contribution in [-0.2, 0) is 0 Å². The fraction of sp³-hybridized carbons (Fsp3) is 0.438. The maximum atomic E-state index is 12.4. The van der Waals surface area contributed by atoms with Crippen LogP contribution >= 0.6 is 11.3 Å². The zero-order chi connectivity index (χ0) is 14.1. The number of nitrogens with one attached hydrogen (secondary N) is 1. The van der Waals surface area contributed by atoms with Gasteiger partial charge in [-0.25, -0.2) is 0 Å². The van der Waals surface area contributed by atoms with Gasteiger partial charge in [0.15, 0.2) is 0 Å². The van der Waals surface area contributed by atoms with Crippen molar-refractivity contribution in [3.63, 3.8) is 0 Å². The molecule has 3 nitrogen and oxygen atoms in total. The number of fused-ring (bicyclic) bond motifs is 1. The van der Waals surface area contributed by atoms with E-state index < -0.39 is 6.10 Å². The lowest BCUT2D eigenvalue weighted by atomic mass is 9.92. The first-order chi connectivity index (χ1) is 9.66. The Morgan fingerprint density at radius 2 is 2.05 bits per heavy atom. The fourth-order valence-corrected chi connectivity index (χ4v) is 4.02. The molecule has 0 radical (unpaired) electrons. The Hall–Kier alpha value is -1.39. The number of rotatable bonds is 2. The van der Waals surface area contributed by atoms with Crippen molar-refractivity contribution in [3.05, 3.63) is 34.7 Å². The Bertz CT molecular complexity index is 634. The second kappa shape index (κ2) is 5.54. The zero-order valence-electron chi connectivity index (χ0n) is 11.6. The smallest absolute Gasteiger partial charge is 0.261 e. The highest BCUT2D eigenvalue weighted by Crippen LogP contribution is 2.30. The van der Waals surface area contributed by atoms with Crippen LogP contribution < -0.4 is 5.32 Å². The van der Waals surface area contributed by atoms with E-state index >= 15 is 0 Å². The summed E-state index contributed by atoms with van der Waals surface area (Å²) in [6.45, 7) is 1.99. The van der Waals surface area contributed by atoms with E-state index in [-0.39, 0.29) is 11.9 Å². The fourth-order valence-electron chi connectivity index (χ4n) is 2.90. The number of hydrogen-bond donors (Lipinski definition) is 2. The first kappa shape index (κ1) is 13.6. The Labute approximate surface area is 122 Å². The maximum Gasteiger partial charge on any atom is 0.261 e. The molecule has 2 N–H and O–H groups in total. The van der Waals surface area contributed by atoms with E-state index in [1.807, 2.05) is 31.2 Å². The Morgan fingerprint density at radius 1 is 1.30 bits per heavy atom. The van der Waals surface area contributed by atoms with Gasteiger partial charge in [-0.1, -0.05) is 31.0 Å². The molecule has 106 valence electrons. The number of carbonyl (C=O) groups excluding carboxylic acids is 1. The summed E-state index contributed by atoms with van der Waals surface area (Å²) in [6, 6.07) is 7.98. The van der Waals surface area contributed by atoms with Crippen LogP contribution in [0.25, 0.3) is 10.1 Å². The molecule has 2 atom stereocenters. The van der Waals surface area contributed by atoms with E-state index in [2.05, 4.69) is 5.32 Å². The largest absolute Gasteiger partial charge is 0.391 e. The molecule has 0 bridgehead atoms. The topological polar surface area (TPSA) is 49.3 Å². The summed E-state index contributed by atoms with van der Waals surface area (Å²) >= 11 is 1.53. The average Bonchev–Trinajstić information content (AvgIpc) is 2.79. The molecular formula is C16H19NO2S. The van der Waals surface area contributed by atoms with E-state index in [4.69, 9.17) is 0 Å². The lowest BCUT2D eigenvalue weighted by molar-refractivity contribution is 0.0720. The summed E-state index contributed by atoms with van der Waals surface area (Å²) in [7, 11) is 0. The van der Waals surface area contributed by atoms with E-state index in [0.29, 0.717) is 0 Å². The van der Waals surface area contributed by atoms with E-state index in [1.54, 1.807) is 0 Å². The number of benzene rings is 1. The predicted octanol–water partition coefficient (Wildman–Crippen LogP) is 3.24. The third-order valence-electron chi connectivity index (χ3n) is 4.10. The summed E-state index contributed by atoms with van der Waals surface area (Å²) in [5.41, 5.74) is 1.04. The Balaban J connectivity index is 1.83. The molecule has 2 aromatic rings. The first-order valence-corrected chi connectivity index (χ1v) is 7.95. The van der Waals surface area contributed by atoms with Gasteiger partial charge in [-0.3, -0.25) is 4.79 Å². The molecule has 0 saturated heterocycles. The minimum Gasteiger partial charge on any atom is -0.391 e. The molecule has 1 aromatic heterocycles. The van der Waals surface area contributed by atoms with E-state index in [0.717, 1.165) is 46.2 Å².